The van der Waals surface area contributed by atoms with Crippen LogP contribution < -0.4 is 14.2 Å². The number of methoxy groups -OCH3 is 1. The second-order valence-electron chi connectivity index (χ2n) is 6.16. The van der Waals surface area contributed by atoms with Crippen molar-refractivity contribution in [3.63, 3.8) is 0 Å². The Morgan fingerprint density at radius 1 is 1.03 bits per heavy atom. The molecule has 0 spiro atoms. The molecule has 0 unspecified atom stereocenters. The van der Waals surface area contributed by atoms with Gasteiger partial charge in [0.2, 0.25) is 15.9 Å². The second kappa shape index (κ2) is 9.34. The van der Waals surface area contributed by atoms with E-state index in [-0.39, 0.29) is 23.8 Å². The SMILES string of the molecule is COc1ccc(Br)cc1S(=O)(=O)NCCOc1ccc(-c2ccc(C)cc2)nn1. The second-order valence-corrected chi connectivity index (χ2v) is 8.82. The molecule has 152 valence electrons. The summed E-state index contributed by atoms with van der Waals surface area (Å²) in [5.74, 6) is 0.583. The zero-order chi connectivity index (χ0) is 20.9. The molecular formula is C20H20BrN3O4S. The Balaban J connectivity index is 1.56. The highest BCUT2D eigenvalue weighted by Gasteiger charge is 2.19. The predicted octanol–water partition coefficient (Wildman–Crippen LogP) is 3.58. The van der Waals surface area contributed by atoms with Crippen LogP contribution >= 0.6 is 15.9 Å². The fraction of sp³-hybridized carbons (Fsp3) is 0.200. The van der Waals surface area contributed by atoms with E-state index >= 15 is 0 Å². The van der Waals surface area contributed by atoms with E-state index in [0.717, 1.165) is 11.3 Å². The van der Waals surface area contributed by atoms with Crippen LogP contribution in [0.15, 0.2) is 64.0 Å². The van der Waals surface area contributed by atoms with Gasteiger partial charge in [0.25, 0.3) is 0 Å². The number of halogens is 1. The highest BCUT2D eigenvalue weighted by Crippen LogP contribution is 2.27. The molecule has 0 aliphatic rings. The molecule has 3 aromatic rings. The number of aromatic nitrogens is 2. The average molecular weight is 478 g/mol. The van der Waals surface area contributed by atoms with Gasteiger partial charge in [-0.25, -0.2) is 13.1 Å². The Kier molecular flexibility index (Phi) is 6.83. The molecule has 9 heteroatoms. The maximum atomic E-state index is 12.5. The lowest BCUT2D eigenvalue weighted by molar-refractivity contribution is 0.307. The summed E-state index contributed by atoms with van der Waals surface area (Å²) < 4.78 is 38.8. The lowest BCUT2D eigenvalue weighted by Gasteiger charge is -2.11. The smallest absolute Gasteiger partial charge is 0.244 e. The first-order valence-corrected chi connectivity index (χ1v) is 11.0. The van der Waals surface area contributed by atoms with Gasteiger partial charge in [0, 0.05) is 22.6 Å². The summed E-state index contributed by atoms with van der Waals surface area (Å²) >= 11 is 3.27. The van der Waals surface area contributed by atoms with E-state index < -0.39 is 10.0 Å². The molecule has 1 aromatic heterocycles. The molecule has 7 nitrogen and oxygen atoms in total. The lowest BCUT2D eigenvalue weighted by atomic mass is 10.1. The number of aryl methyl sites for hydroxylation is 1. The Morgan fingerprint density at radius 3 is 2.45 bits per heavy atom. The van der Waals surface area contributed by atoms with E-state index in [1.807, 2.05) is 37.3 Å². The molecule has 0 atom stereocenters. The minimum atomic E-state index is -3.75. The maximum Gasteiger partial charge on any atom is 0.244 e. The van der Waals surface area contributed by atoms with Gasteiger partial charge in [0.05, 0.1) is 12.8 Å². The Bertz CT molecular complexity index is 1070. The van der Waals surface area contributed by atoms with E-state index in [1.54, 1.807) is 18.2 Å². The summed E-state index contributed by atoms with van der Waals surface area (Å²) in [5.41, 5.74) is 2.87. The molecule has 1 N–H and O–H groups in total. The van der Waals surface area contributed by atoms with Gasteiger partial charge < -0.3 is 9.47 Å². The van der Waals surface area contributed by atoms with Crippen LogP contribution in [0.1, 0.15) is 5.56 Å². The summed E-state index contributed by atoms with van der Waals surface area (Å²) in [5, 5.41) is 8.18. The quantitative estimate of drug-likeness (QED) is 0.498. The molecule has 0 fully saturated rings. The first-order valence-electron chi connectivity index (χ1n) is 8.76. The van der Waals surface area contributed by atoms with Crippen molar-refractivity contribution in [2.24, 2.45) is 0 Å². The summed E-state index contributed by atoms with van der Waals surface area (Å²) in [7, 11) is -2.33. The number of hydrogen-bond acceptors (Lipinski definition) is 6. The largest absolute Gasteiger partial charge is 0.495 e. The number of nitrogens with zero attached hydrogens (tertiary/aromatic N) is 2. The fourth-order valence-corrected chi connectivity index (χ4v) is 4.26. The van der Waals surface area contributed by atoms with Crippen molar-refractivity contribution < 1.29 is 17.9 Å². The van der Waals surface area contributed by atoms with E-state index in [4.69, 9.17) is 9.47 Å². The van der Waals surface area contributed by atoms with Crippen LogP contribution in [0.25, 0.3) is 11.3 Å². The van der Waals surface area contributed by atoms with Gasteiger partial charge in [-0.3, -0.25) is 0 Å². The zero-order valence-electron chi connectivity index (χ0n) is 15.9. The third kappa shape index (κ3) is 5.53. The van der Waals surface area contributed by atoms with Crippen LogP contribution in [0.5, 0.6) is 11.6 Å². The molecule has 1 heterocycles. The third-order valence-electron chi connectivity index (χ3n) is 4.05. The molecule has 29 heavy (non-hydrogen) atoms. The van der Waals surface area contributed by atoms with Crippen molar-refractivity contribution in [3.8, 4) is 22.9 Å². The molecule has 0 aliphatic carbocycles. The molecular weight excluding hydrogens is 458 g/mol. The summed E-state index contributed by atoms with van der Waals surface area (Å²) in [6.45, 7) is 2.20. The highest BCUT2D eigenvalue weighted by molar-refractivity contribution is 9.10. The number of sulfonamides is 1. The first kappa shape index (κ1) is 21.2. The Morgan fingerprint density at radius 2 is 1.79 bits per heavy atom. The standard InChI is InChI=1S/C20H20BrN3O4S/c1-14-3-5-15(6-4-14)17-8-10-20(24-23-17)28-12-11-22-29(25,26)19-13-16(21)7-9-18(19)27-2/h3-10,13,22H,11-12H2,1-2H3. The van der Waals surface area contributed by atoms with Crippen molar-refractivity contribution in [2.45, 2.75) is 11.8 Å². The molecule has 0 aliphatic heterocycles. The Labute approximate surface area is 178 Å². The highest BCUT2D eigenvalue weighted by atomic mass is 79.9. The number of hydrogen-bond donors (Lipinski definition) is 1. The van der Waals surface area contributed by atoms with Crippen molar-refractivity contribution >= 4 is 26.0 Å². The average Bonchev–Trinajstić information content (AvgIpc) is 2.72. The van der Waals surface area contributed by atoms with Gasteiger partial charge in [0.1, 0.15) is 17.3 Å². The number of nitrogens with one attached hydrogen (secondary N) is 1. The number of benzene rings is 2. The molecule has 0 radical (unpaired) electrons. The molecule has 3 rings (SSSR count). The normalized spacial score (nSPS) is 11.3. The van der Waals surface area contributed by atoms with Crippen LogP contribution in [0.2, 0.25) is 0 Å². The van der Waals surface area contributed by atoms with Crippen molar-refractivity contribution in [2.75, 3.05) is 20.3 Å². The minimum Gasteiger partial charge on any atom is -0.495 e. The molecule has 0 bridgehead atoms. The monoisotopic (exact) mass is 477 g/mol. The molecule has 2 aromatic carbocycles. The van der Waals surface area contributed by atoms with Crippen LogP contribution in [0.4, 0.5) is 0 Å². The van der Waals surface area contributed by atoms with Gasteiger partial charge in [-0.05, 0) is 31.2 Å². The van der Waals surface area contributed by atoms with Crippen LogP contribution in [0.3, 0.4) is 0 Å². The van der Waals surface area contributed by atoms with Gasteiger partial charge in [0.15, 0.2) is 0 Å². The topological polar surface area (TPSA) is 90.4 Å². The number of rotatable bonds is 8. The molecule has 0 amide bonds. The van der Waals surface area contributed by atoms with Gasteiger partial charge in [-0.2, -0.15) is 0 Å². The maximum absolute atomic E-state index is 12.5. The van der Waals surface area contributed by atoms with Gasteiger partial charge in [-0.15, -0.1) is 10.2 Å². The predicted molar refractivity (Wildman–Crippen MR) is 114 cm³/mol. The summed E-state index contributed by atoms with van der Waals surface area (Å²) in [6, 6.07) is 16.3. The van der Waals surface area contributed by atoms with Crippen molar-refractivity contribution in [1.82, 2.24) is 14.9 Å². The molecule has 0 saturated carbocycles. The fourth-order valence-electron chi connectivity index (χ4n) is 2.55. The van der Waals surface area contributed by atoms with Gasteiger partial charge in [-0.1, -0.05) is 45.8 Å². The van der Waals surface area contributed by atoms with Crippen molar-refractivity contribution in [3.05, 3.63) is 64.6 Å². The van der Waals surface area contributed by atoms with E-state index in [2.05, 4.69) is 30.8 Å². The first-order chi connectivity index (χ1) is 13.9. The third-order valence-corrected chi connectivity index (χ3v) is 6.02. The van der Waals surface area contributed by atoms with E-state index in [1.165, 1.54) is 18.7 Å². The minimum absolute atomic E-state index is 0.0524. The number of ether oxygens (including phenoxy) is 2. The van der Waals surface area contributed by atoms with Gasteiger partial charge >= 0.3 is 0 Å². The van der Waals surface area contributed by atoms with Crippen LogP contribution in [-0.2, 0) is 10.0 Å². The van der Waals surface area contributed by atoms with Crippen LogP contribution in [0, 0.1) is 6.92 Å². The summed E-state index contributed by atoms with van der Waals surface area (Å²) in [6.07, 6.45) is 0. The lowest BCUT2D eigenvalue weighted by Crippen LogP contribution is -2.28. The van der Waals surface area contributed by atoms with Crippen LogP contribution in [-0.4, -0.2) is 38.9 Å². The Hall–Kier alpha value is -2.49. The summed E-state index contributed by atoms with van der Waals surface area (Å²) in [4.78, 5) is 0.0524. The zero-order valence-corrected chi connectivity index (χ0v) is 18.3. The van der Waals surface area contributed by atoms with Crippen molar-refractivity contribution in [1.29, 1.82) is 0 Å². The molecule has 0 saturated heterocycles. The van der Waals surface area contributed by atoms with E-state index in [0.29, 0.717) is 10.4 Å². The van der Waals surface area contributed by atoms with E-state index in [9.17, 15) is 8.42 Å².